The summed E-state index contributed by atoms with van der Waals surface area (Å²) in [5.41, 5.74) is 2.77. The van der Waals surface area contributed by atoms with E-state index in [1.165, 1.54) is 0 Å². The van der Waals surface area contributed by atoms with Crippen LogP contribution in [0.15, 0.2) is 0 Å². The highest BCUT2D eigenvalue weighted by Crippen LogP contribution is 2.26. The van der Waals surface area contributed by atoms with Gasteiger partial charge in [-0.05, 0) is 38.9 Å². The molecule has 3 rings (SSSR count). The minimum Gasteiger partial charge on any atom is -0.354 e. The van der Waals surface area contributed by atoms with Gasteiger partial charge in [0.2, 0.25) is 5.91 Å². The number of carbonyl (C=O) groups is 1. The van der Waals surface area contributed by atoms with Crippen molar-refractivity contribution in [2.45, 2.75) is 39.3 Å². The minimum atomic E-state index is -0.226. The third-order valence-corrected chi connectivity index (χ3v) is 3.95. The fourth-order valence-electron chi connectivity index (χ4n) is 2.74. The van der Waals surface area contributed by atoms with E-state index in [2.05, 4.69) is 15.4 Å². The summed E-state index contributed by atoms with van der Waals surface area (Å²) in [7, 11) is 0. The normalized spacial score (nSPS) is 19.9. The fourth-order valence-corrected chi connectivity index (χ4v) is 3.05. The van der Waals surface area contributed by atoms with Crippen molar-refractivity contribution < 1.29 is 4.79 Å². The largest absolute Gasteiger partial charge is 0.354 e. The highest BCUT2D eigenvalue weighted by molar-refractivity contribution is 7.71. The van der Waals surface area contributed by atoms with Gasteiger partial charge in [-0.15, -0.1) is 0 Å². The number of hydrogen-bond donors (Lipinski definition) is 2. The van der Waals surface area contributed by atoms with E-state index in [1.807, 2.05) is 23.1 Å². The number of nitrogens with zero attached hydrogens (tertiary/aromatic N) is 3. The molecule has 0 radical (unpaired) electrons. The van der Waals surface area contributed by atoms with Crippen LogP contribution in [-0.2, 0) is 11.3 Å². The van der Waals surface area contributed by atoms with E-state index in [1.54, 1.807) is 0 Å². The molecular formula is C12H17N5OS. The topological polar surface area (TPSA) is 67.6 Å². The van der Waals surface area contributed by atoms with E-state index >= 15 is 0 Å². The van der Waals surface area contributed by atoms with E-state index in [9.17, 15) is 4.79 Å². The summed E-state index contributed by atoms with van der Waals surface area (Å²) in [6.07, 6.45) is 1.80. The first-order chi connectivity index (χ1) is 9.13. The van der Waals surface area contributed by atoms with Crippen LogP contribution < -0.4 is 5.32 Å². The molecule has 2 aromatic heterocycles. The van der Waals surface area contributed by atoms with Gasteiger partial charge in [-0.3, -0.25) is 9.36 Å². The van der Waals surface area contributed by atoms with Crippen molar-refractivity contribution in [2.75, 3.05) is 6.54 Å². The van der Waals surface area contributed by atoms with Crippen molar-refractivity contribution in [3.63, 3.8) is 0 Å². The van der Waals surface area contributed by atoms with Gasteiger partial charge in [0.15, 0.2) is 10.4 Å². The molecule has 1 amide bonds. The molecule has 0 aliphatic carbocycles. The first-order valence-electron chi connectivity index (χ1n) is 6.58. The summed E-state index contributed by atoms with van der Waals surface area (Å²) in [4.78, 5) is 15.3. The van der Waals surface area contributed by atoms with Gasteiger partial charge in [0.1, 0.15) is 11.6 Å². The number of carbonyl (C=O) groups excluding carboxylic acids is 1. The van der Waals surface area contributed by atoms with Crippen molar-refractivity contribution in [1.82, 2.24) is 24.6 Å². The van der Waals surface area contributed by atoms with Crippen molar-refractivity contribution >= 4 is 29.3 Å². The predicted molar refractivity (Wildman–Crippen MR) is 74.6 cm³/mol. The van der Waals surface area contributed by atoms with Crippen molar-refractivity contribution in [1.29, 1.82) is 0 Å². The Bertz CT molecular complexity index is 695. The van der Waals surface area contributed by atoms with Crippen LogP contribution in [0.5, 0.6) is 0 Å². The monoisotopic (exact) mass is 279 g/mol. The lowest BCUT2D eigenvalue weighted by atomic mass is 10.1. The number of aryl methyl sites for hydroxylation is 2. The van der Waals surface area contributed by atoms with Crippen LogP contribution in [0.3, 0.4) is 0 Å². The van der Waals surface area contributed by atoms with E-state index in [-0.39, 0.29) is 11.9 Å². The van der Waals surface area contributed by atoms with E-state index in [0.29, 0.717) is 4.77 Å². The number of piperidine rings is 1. The van der Waals surface area contributed by atoms with E-state index < -0.39 is 0 Å². The average molecular weight is 279 g/mol. The molecule has 1 unspecified atom stereocenters. The number of hydrogen-bond acceptors (Lipinski definition) is 3. The smallest absolute Gasteiger partial charge is 0.243 e. The third-order valence-electron chi connectivity index (χ3n) is 3.65. The van der Waals surface area contributed by atoms with Gasteiger partial charge < -0.3 is 10.3 Å². The molecule has 0 saturated carbocycles. The van der Waals surface area contributed by atoms with Crippen molar-refractivity contribution in [3.05, 3.63) is 10.5 Å². The second-order valence-corrected chi connectivity index (χ2v) is 5.24. The maximum absolute atomic E-state index is 12.1. The lowest BCUT2D eigenvalue weighted by molar-refractivity contribution is -0.125. The second-order valence-electron chi connectivity index (χ2n) is 4.85. The summed E-state index contributed by atoms with van der Waals surface area (Å²) in [5.74, 6) is 0.0461. The molecule has 1 aliphatic rings. The van der Waals surface area contributed by atoms with Gasteiger partial charge in [0.05, 0.1) is 5.69 Å². The molecule has 19 heavy (non-hydrogen) atoms. The predicted octanol–water partition coefficient (Wildman–Crippen LogP) is 1.67. The van der Waals surface area contributed by atoms with Crippen LogP contribution in [0.2, 0.25) is 0 Å². The zero-order valence-corrected chi connectivity index (χ0v) is 11.9. The standard InChI is InChI=1S/C12H17N5OS/c1-3-16-11-9(7(2)15-16)14-12(19)17(11)8-5-4-6-13-10(8)18/h8H,3-6H2,1-2H3,(H,13,18)(H,14,19). The zero-order valence-electron chi connectivity index (χ0n) is 11.1. The number of nitrogens with one attached hydrogen (secondary N) is 2. The third kappa shape index (κ3) is 1.80. The highest BCUT2D eigenvalue weighted by atomic mass is 32.1. The number of aromatic amines is 1. The van der Waals surface area contributed by atoms with E-state index in [4.69, 9.17) is 12.2 Å². The molecule has 7 heteroatoms. The lowest BCUT2D eigenvalue weighted by Crippen LogP contribution is -2.38. The van der Waals surface area contributed by atoms with Gasteiger partial charge in [-0.2, -0.15) is 5.10 Å². The van der Waals surface area contributed by atoms with Crippen LogP contribution in [0.4, 0.5) is 0 Å². The van der Waals surface area contributed by atoms with Gasteiger partial charge >= 0.3 is 0 Å². The number of rotatable bonds is 2. The SMILES string of the molecule is CCn1nc(C)c2[nH]c(=S)n(C3CCCNC3=O)c21. The highest BCUT2D eigenvalue weighted by Gasteiger charge is 2.28. The van der Waals surface area contributed by atoms with Crippen LogP contribution in [0.25, 0.3) is 11.2 Å². The maximum Gasteiger partial charge on any atom is 0.243 e. The molecule has 1 aliphatic heterocycles. The molecule has 0 bridgehead atoms. The Morgan fingerprint density at radius 2 is 2.32 bits per heavy atom. The summed E-state index contributed by atoms with van der Waals surface area (Å²) in [6, 6.07) is -0.226. The fraction of sp³-hybridized carbons (Fsp3) is 0.583. The summed E-state index contributed by atoms with van der Waals surface area (Å²) in [5, 5.41) is 7.38. The molecule has 102 valence electrons. The molecule has 2 aromatic rings. The van der Waals surface area contributed by atoms with Crippen molar-refractivity contribution in [3.8, 4) is 0 Å². The van der Waals surface area contributed by atoms with Gasteiger partial charge in [-0.25, -0.2) is 4.68 Å². The molecule has 0 aromatic carbocycles. The Hall–Kier alpha value is -1.63. The Morgan fingerprint density at radius 1 is 1.53 bits per heavy atom. The molecular weight excluding hydrogens is 262 g/mol. The number of fused-ring (bicyclic) bond motifs is 1. The average Bonchev–Trinajstić information content (AvgIpc) is 2.88. The molecule has 6 nitrogen and oxygen atoms in total. The number of imidazole rings is 1. The maximum atomic E-state index is 12.1. The Morgan fingerprint density at radius 3 is 3.00 bits per heavy atom. The van der Waals surface area contributed by atoms with Gasteiger partial charge in [0, 0.05) is 13.1 Å². The Balaban J connectivity index is 2.24. The molecule has 1 saturated heterocycles. The molecule has 2 N–H and O–H groups in total. The first-order valence-corrected chi connectivity index (χ1v) is 6.99. The molecule has 1 atom stereocenters. The summed E-state index contributed by atoms with van der Waals surface area (Å²) in [6.45, 7) is 5.49. The first kappa shape index (κ1) is 12.4. The quantitative estimate of drug-likeness (QED) is 0.822. The number of H-pyrrole nitrogens is 1. The van der Waals surface area contributed by atoms with Gasteiger partial charge in [0.25, 0.3) is 0 Å². The van der Waals surface area contributed by atoms with Crippen LogP contribution >= 0.6 is 12.2 Å². The minimum absolute atomic E-state index is 0.0461. The zero-order chi connectivity index (χ0) is 13.6. The second kappa shape index (κ2) is 4.48. The summed E-state index contributed by atoms with van der Waals surface area (Å²) < 4.78 is 4.42. The number of aromatic nitrogens is 4. The van der Waals surface area contributed by atoms with Crippen molar-refractivity contribution in [2.24, 2.45) is 0 Å². The molecule has 1 fully saturated rings. The number of amides is 1. The van der Waals surface area contributed by atoms with Gasteiger partial charge in [-0.1, -0.05) is 0 Å². The molecule has 0 spiro atoms. The lowest BCUT2D eigenvalue weighted by Gasteiger charge is -2.23. The summed E-state index contributed by atoms with van der Waals surface area (Å²) >= 11 is 5.39. The molecule has 3 heterocycles. The Labute approximate surface area is 115 Å². The Kier molecular flexibility index (Phi) is 2.93. The van der Waals surface area contributed by atoms with Crippen LogP contribution in [0, 0.1) is 11.7 Å². The van der Waals surface area contributed by atoms with Crippen LogP contribution in [-0.4, -0.2) is 31.8 Å². The van der Waals surface area contributed by atoms with E-state index in [0.717, 1.165) is 42.8 Å². The van der Waals surface area contributed by atoms with Crippen LogP contribution in [0.1, 0.15) is 31.5 Å².